The SMILES string of the molecule is FC(F)c1nc2ccccc2n1-c1cc(NC2CCNC2)nc(N2CCOCC2)n1. The van der Waals surface area contributed by atoms with Crippen LogP contribution in [0.15, 0.2) is 30.3 Å². The molecule has 158 valence electrons. The molecule has 3 aromatic rings. The lowest BCUT2D eigenvalue weighted by Gasteiger charge is -2.27. The fourth-order valence-electron chi connectivity index (χ4n) is 3.93. The van der Waals surface area contributed by atoms with Crippen LogP contribution in [0.1, 0.15) is 18.7 Å². The first kappa shape index (κ1) is 19.1. The first-order chi connectivity index (χ1) is 14.7. The number of imidazole rings is 1. The highest BCUT2D eigenvalue weighted by molar-refractivity contribution is 5.78. The molecule has 2 fully saturated rings. The number of rotatable bonds is 5. The zero-order chi connectivity index (χ0) is 20.5. The Hall–Kier alpha value is -2.85. The monoisotopic (exact) mass is 415 g/mol. The van der Waals surface area contributed by atoms with E-state index in [0.29, 0.717) is 54.9 Å². The molecule has 2 aliphatic rings. The Labute approximate surface area is 172 Å². The maximum Gasteiger partial charge on any atom is 0.296 e. The van der Waals surface area contributed by atoms with Gasteiger partial charge in [-0.3, -0.25) is 4.57 Å². The van der Waals surface area contributed by atoms with Gasteiger partial charge in [-0.15, -0.1) is 0 Å². The summed E-state index contributed by atoms with van der Waals surface area (Å²) >= 11 is 0. The van der Waals surface area contributed by atoms with Crippen molar-refractivity contribution < 1.29 is 13.5 Å². The predicted molar refractivity (Wildman–Crippen MR) is 110 cm³/mol. The van der Waals surface area contributed by atoms with Crippen molar-refractivity contribution >= 4 is 22.8 Å². The van der Waals surface area contributed by atoms with Crippen molar-refractivity contribution in [2.75, 3.05) is 49.6 Å². The largest absolute Gasteiger partial charge is 0.378 e. The third-order valence-electron chi connectivity index (χ3n) is 5.42. The molecule has 10 heteroatoms. The summed E-state index contributed by atoms with van der Waals surface area (Å²) < 4.78 is 34.6. The summed E-state index contributed by atoms with van der Waals surface area (Å²) in [6, 6.07) is 9.06. The zero-order valence-corrected chi connectivity index (χ0v) is 16.4. The number of morpholine rings is 1. The summed E-state index contributed by atoms with van der Waals surface area (Å²) in [6.07, 6.45) is -1.75. The van der Waals surface area contributed by atoms with Gasteiger partial charge in [-0.05, 0) is 25.1 Å². The van der Waals surface area contributed by atoms with E-state index in [1.165, 1.54) is 4.57 Å². The van der Waals surface area contributed by atoms with Gasteiger partial charge in [0.1, 0.15) is 11.6 Å². The second-order valence-corrected chi connectivity index (χ2v) is 7.44. The number of aromatic nitrogens is 4. The quantitative estimate of drug-likeness (QED) is 0.662. The molecule has 4 heterocycles. The average Bonchev–Trinajstić information content (AvgIpc) is 3.42. The topological polar surface area (TPSA) is 80.1 Å². The number of halogens is 2. The van der Waals surface area contributed by atoms with Crippen LogP contribution in [-0.4, -0.2) is 65.0 Å². The molecule has 2 aromatic heterocycles. The van der Waals surface area contributed by atoms with E-state index in [-0.39, 0.29) is 11.9 Å². The van der Waals surface area contributed by atoms with Gasteiger partial charge in [0.05, 0.1) is 24.2 Å². The number of fused-ring (bicyclic) bond motifs is 1. The van der Waals surface area contributed by atoms with Crippen LogP contribution in [0.3, 0.4) is 0 Å². The number of ether oxygens (including phenoxy) is 1. The second kappa shape index (κ2) is 8.11. The van der Waals surface area contributed by atoms with Crippen molar-refractivity contribution in [3.8, 4) is 5.82 Å². The molecule has 0 aliphatic carbocycles. The van der Waals surface area contributed by atoms with Gasteiger partial charge in [-0.1, -0.05) is 12.1 Å². The van der Waals surface area contributed by atoms with Crippen LogP contribution in [-0.2, 0) is 4.74 Å². The summed E-state index contributed by atoms with van der Waals surface area (Å²) in [5.74, 6) is 1.18. The Bertz CT molecular complexity index is 1030. The molecule has 1 aromatic carbocycles. The van der Waals surface area contributed by atoms with E-state index in [2.05, 4.69) is 25.6 Å². The Morgan fingerprint density at radius 1 is 1.13 bits per heavy atom. The first-order valence-corrected chi connectivity index (χ1v) is 10.1. The van der Waals surface area contributed by atoms with Gasteiger partial charge in [0.25, 0.3) is 6.43 Å². The predicted octanol–water partition coefficient (Wildman–Crippen LogP) is 2.36. The van der Waals surface area contributed by atoms with Crippen LogP contribution in [0.5, 0.6) is 0 Å². The fraction of sp³-hybridized carbons (Fsp3) is 0.450. The number of nitrogens with one attached hydrogen (secondary N) is 2. The highest BCUT2D eigenvalue weighted by Crippen LogP contribution is 2.29. The van der Waals surface area contributed by atoms with Crippen molar-refractivity contribution in [1.82, 2.24) is 24.8 Å². The van der Waals surface area contributed by atoms with E-state index in [0.717, 1.165) is 19.5 Å². The average molecular weight is 415 g/mol. The minimum Gasteiger partial charge on any atom is -0.378 e. The highest BCUT2D eigenvalue weighted by Gasteiger charge is 2.24. The molecular weight excluding hydrogens is 392 g/mol. The van der Waals surface area contributed by atoms with Crippen molar-refractivity contribution in [2.24, 2.45) is 0 Å². The lowest BCUT2D eigenvalue weighted by atomic mass is 10.2. The number of para-hydroxylation sites is 2. The molecule has 8 nitrogen and oxygen atoms in total. The molecule has 0 saturated carbocycles. The summed E-state index contributed by atoms with van der Waals surface area (Å²) in [5, 5.41) is 6.74. The van der Waals surface area contributed by atoms with E-state index in [4.69, 9.17) is 4.74 Å². The number of hydrogen-bond acceptors (Lipinski definition) is 7. The smallest absolute Gasteiger partial charge is 0.296 e. The Morgan fingerprint density at radius 2 is 1.97 bits per heavy atom. The van der Waals surface area contributed by atoms with Crippen LogP contribution in [0.4, 0.5) is 20.5 Å². The minimum absolute atomic E-state index is 0.236. The van der Waals surface area contributed by atoms with E-state index in [1.54, 1.807) is 24.3 Å². The van der Waals surface area contributed by atoms with Crippen molar-refractivity contribution in [2.45, 2.75) is 18.9 Å². The van der Waals surface area contributed by atoms with Crippen LogP contribution >= 0.6 is 0 Å². The standard InChI is InChI=1S/C20H23F2N7O/c21-18(22)19-25-14-3-1-2-4-15(14)29(19)17-11-16(24-13-5-6-23-12-13)26-20(27-17)28-7-9-30-10-8-28/h1-4,11,13,18,23H,5-10,12H2,(H,24,26,27). The fourth-order valence-corrected chi connectivity index (χ4v) is 3.93. The maximum absolute atomic E-state index is 13.9. The van der Waals surface area contributed by atoms with E-state index in [1.807, 2.05) is 11.0 Å². The molecule has 5 rings (SSSR count). The molecule has 30 heavy (non-hydrogen) atoms. The summed E-state index contributed by atoms with van der Waals surface area (Å²) in [5.41, 5.74) is 1.10. The van der Waals surface area contributed by atoms with Crippen LogP contribution in [0.2, 0.25) is 0 Å². The van der Waals surface area contributed by atoms with E-state index in [9.17, 15) is 8.78 Å². The molecule has 0 spiro atoms. The normalized spacial score (nSPS) is 19.7. The highest BCUT2D eigenvalue weighted by atomic mass is 19.3. The number of hydrogen-bond donors (Lipinski definition) is 2. The molecule has 0 radical (unpaired) electrons. The molecular formula is C20H23F2N7O. The van der Waals surface area contributed by atoms with Crippen LogP contribution in [0.25, 0.3) is 16.9 Å². The van der Waals surface area contributed by atoms with Crippen molar-refractivity contribution in [1.29, 1.82) is 0 Å². The molecule has 0 bridgehead atoms. The van der Waals surface area contributed by atoms with Gasteiger partial charge in [-0.2, -0.15) is 9.97 Å². The van der Waals surface area contributed by atoms with Crippen molar-refractivity contribution in [3.05, 3.63) is 36.2 Å². The van der Waals surface area contributed by atoms with Crippen molar-refractivity contribution in [3.63, 3.8) is 0 Å². The van der Waals surface area contributed by atoms with E-state index < -0.39 is 6.43 Å². The third-order valence-corrected chi connectivity index (χ3v) is 5.42. The van der Waals surface area contributed by atoms with Gasteiger partial charge in [0.15, 0.2) is 5.82 Å². The molecule has 2 N–H and O–H groups in total. The van der Waals surface area contributed by atoms with Gasteiger partial charge >= 0.3 is 0 Å². The molecule has 2 aliphatic heterocycles. The summed E-state index contributed by atoms with van der Waals surface area (Å²) in [4.78, 5) is 15.5. The van der Waals surface area contributed by atoms with Gasteiger partial charge in [-0.25, -0.2) is 13.8 Å². The lowest BCUT2D eigenvalue weighted by Crippen LogP contribution is -2.37. The number of benzene rings is 1. The molecule has 1 unspecified atom stereocenters. The lowest BCUT2D eigenvalue weighted by molar-refractivity contribution is 0.122. The van der Waals surface area contributed by atoms with Gasteiger partial charge < -0.3 is 20.3 Å². The third kappa shape index (κ3) is 3.68. The zero-order valence-electron chi connectivity index (χ0n) is 16.4. The molecule has 1 atom stereocenters. The van der Waals surface area contributed by atoms with Gasteiger partial charge in [0, 0.05) is 31.7 Å². The number of nitrogens with zero attached hydrogens (tertiary/aromatic N) is 5. The number of anilines is 2. The molecule has 2 saturated heterocycles. The van der Waals surface area contributed by atoms with Gasteiger partial charge in [0.2, 0.25) is 5.95 Å². The Morgan fingerprint density at radius 3 is 2.73 bits per heavy atom. The Balaban J connectivity index is 1.63. The van der Waals surface area contributed by atoms with Crippen LogP contribution in [0, 0.1) is 0 Å². The van der Waals surface area contributed by atoms with Crippen LogP contribution < -0.4 is 15.5 Å². The minimum atomic E-state index is -2.73. The first-order valence-electron chi connectivity index (χ1n) is 10.1. The second-order valence-electron chi connectivity index (χ2n) is 7.44. The maximum atomic E-state index is 13.9. The molecule has 0 amide bonds. The Kier molecular flexibility index (Phi) is 5.17. The van der Waals surface area contributed by atoms with E-state index >= 15 is 0 Å². The number of alkyl halides is 2. The summed E-state index contributed by atoms with van der Waals surface area (Å²) in [7, 11) is 0. The summed E-state index contributed by atoms with van der Waals surface area (Å²) in [6.45, 7) is 4.25.